The van der Waals surface area contributed by atoms with E-state index in [-0.39, 0.29) is 0 Å². The molecule has 0 amide bonds. The van der Waals surface area contributed by atoms with E-state index in [1.54, 1.807) is 6.07 Å². The number of aryl methyl sites for hydroxylation is 1. The number of nitriles is 1. The van der Waals surface area contributed by atoms with E-state index < -0.39 is 0 Å². The summed E-state index contributed by atoms with van der Waals surface area (Å²) in [6, 6.07) is 13.5. The molecular weight excluding hydrogens is 288 g/mol. The number of benzene rings is 1. The molecule has 0 saturated heterocycles. The molecule has 0 spiro atoms. The summed E-state index contributed by atoms with van der Waals surface area (Å²) in [6.07, 6.45) is 1.83. The molecule has 23 heavy (non-hydrogen) atoms. The topological polar surface area (TPSA) is 68.8 Å². The summed E-state index contributed by atoms with van der Waals surface area (Å²) in [5, 5.41) is 9.19. The first-order valence-corrected chi connectivity index (χ1v) is 7.43. The number of aromatic amines is 1. The lowest BCUT2D eigenvalue weighted by molar-refractivity contribution is 0.283. The standard InChI is InChI=1S/C18H18N4O/c1-13-10-20-18(21-13)12-22(2)11-15-7-8-17(23-15)16-6-4-3-5-14(16)9-19/h3-8,10H,11-12H2,1-2H3,(H,20,21). The maximum absolute atomic E-state index is 9.19. The molecule has 5 nitrogen and oxygen atoms in total. The number of nitrogens with one attached hydrogen (secondary N) is 1. The van der Waals surface area contributed by atoms with Crippen molar-refractivity contribution in [2.45, 2.75) is 20.0 Å². The van der Waals surface area contributed by atoms with Crippen LogP contribution in [0.4, 0.5) is 0 Å². The molecule has 0 saturated carbocycles. The summed E-state index contributed by atoms with van der Waals surface area (Å²) in [6.45, 7) is 3.38. The molecule has 1 aromatic carbocycles. The lowest BCUT2D eigenvalue weighted by atomic mass is 10.1. The number of hydrogen-bond donors (Lipinski definition) is 1. The third kappa shape index (κ3) is 3.50. The Kier molecular flexibility index (Phi) is 4.26. The second-order valence-electron chi connectivity index (χ2n) is 5.61. The van der Waals surface area contributed by atoms with Gasteiger partial charge in [0.1, 0.15) is 17.3 Å². The highest BCUT2D eigenvalue weighted by Gasteiger charge is 2.11. The van der Waals surface area contributed by atoms with E-state index in [4.69, 9.17) is 4.42 Å². The number of nitrogens with zero attached hydrogens (tertiary/aromatic N) is 3. The zero-order valence-electron chi connectivity index (χ0n) is 13.2. The lowest BCUT2D eigenvalue weighted by Crippen LogP contribution is -2.17. The van der Waals surface area contributed by atoms with Crippen molar-refractivity contribution in [3.05, 3.63) is 65.4 Å². The molecule has 0 atom stereocenters. The maximum Gasteiger partial charge on any atom is 0.135 e. The van der Waals surface area contributed by atoms with Gasteiger partial charge in [0.2, 0.25) is 0 Å². The molecule has 0 radical (unpaired) electrons. The zero-order valence-corrected chi connectivity index (χ0v) is 13.2. The molecular formula is C18H18N4O. The first-order valence-electron chi connectivity index (χ1n) is 7.43. The van der Waals surface area contributed by atoms with Crippen LogP contribution in [0, 0.1) is 18.3 Å². The average molecular weight is 306 g/mol. The second-order valence-corrected chi connectivity index (χ2v) is 5.61. The molecule has 0 aliphatic rings. The van der Waals surface area contributed by atoms with E-state index in [2.05, 4.69) is 20.9 Å². The number of H-pyrrole nitrogens is 1. The Morgan fingerprint density at radius 1 is 1.22 bits per heavy atom. The quantitative estimate of drug-likeness (QED) is 0.783. The van der Waals surface area contributed by atoms with Crippen molar-refractivity contribution in [2.24, 2.45) is 0 Å². The molecule has 2 aromatic heterocycles. The van der Waals surface area contributed by atoms with Crippen molar-refractivity contribution < 1.29 is 4.42 Å². The Morgan fingerprint density at radius 3 is 2.78 bits per heavy atom. The highest BCUT2D eigenvalue weighted by molar-refractivity contribution is 5.66. The van der Waals surface area contributed by atoms with Crippen molar-refractivity contribution in [1.29, 1.82) is 5.26 Å². The Morgan fingerprint density at radius 2 is 2.04 bits per heavy atom. The Balaban J connectivity index is 1.71. The molecule has 0 aliphatic carbocycles. The number of rotatable bonds is 5. The Labute approximate surface area is 135 Å². The first-order chi connectivity index (χ1) is 11.2. The van der Waals surface area contributed by atoms with Gasteiger partial charge in [0.15, 0.2) is 0 Å². The largest absolute Gasteiger partial charge is 0.460 e. The van der Waals surface area contributed by atoms with Crippen LogP contribution in [-0.2, 0) is 13.1 Å². The molecule has 2 heterocycles. The van der Waals surface area contributed by atoms with E-state index in [1.165, 1.54) is 0 Å². The predicted molar refractivity (Wildman–Crippen MR) is 87.4 cm³/mol. The van der Waals surface area contributed by atoms with Crippen LogP contribution in [0.1, 0.15) is 22.8 Å². The third-order valence-corrected chi connectivity index (χ3v) is 3.58. The van der Waals surface area contributed by atoms with Crippen molar-refractivity contribution in [3.63, 3.8) is 0 Å². The van der Waals surface area contributed by atoms with E-state index >= 15 is 0 Å². The van der Waals surface area contributed by atoms with Gasteiger partial charge in [-0.15, -0.1) is 0 Å². The highest BCUT2D eigenvalue weighted by Crippen LogP contribution is 2.25. The third-order valence-electron chi connectivity index (χ3n) is 3.58. The van der Waals surface area contributed by atoms with Crippen molar-refractivity contribution in [3.8, 4) is 17.4 Å². The highest BCUT2D eigenvalue weighted by atomic mass is 16.3. The van der Waals surface area contributed by atoms with Gasteiger partial charge in [-0.1, -0.05) is 12.1 Å². The van der Waals surface area contributed by atoms with E-state index in [9.17, 15) is 5.26 Å². The van der Waals surface area contributed by atoms with Gasteiger partial charge in [0.05, 0.1) is 24.7 Å². The Bertz CT molecular complexity index is 841. The van der Waals surface area contributed by atoms with Crippen LogP contribution in [-0.4, -0.2) is 21.9 Å². The number of hydrogen-bond acceptors (Lipinski definition) is 4. The first kappa shape index (κ1) is 15.1. The van der Waals surface area contributed by atoms with Crippen LogP contribution in [0.15, 0.2) is 47.0 Å². The summed E-state index contributed by atoms with van der Waals surface area (Å²) in [5.74, 6) is 2.52. The van der Waals surface area contributed by atoms with E-state index in [0.717, 1.165) is 35.1 Å². The minimum atomic E-state index is 0.618. The van der Waals surface area contributed by atoms with Gasteiger partial charge in [0.25, 0.3) is 0 Å². The van der Waals surface area contributed by atoms with Gasteiger partial charge >= 0.3 is 0 Å². The molecule has 0 unspecified atom stereocenters. The van der Waals surface area contributed by atoms with Gasteiger partial charge in [-0.2, -0.15) is 5.26 Å². The summed E-state index contributed by atoms with van der Waals surface area (Å²) < 4.78 is 5.90. The van der Waals surface area contributed by atoms with Gasteiger partial charge in [-0.05, 0) is 38.2 Å². The molecule has 3 rings (SSSR count). The lowest BCUT2D eigenvalue weighted by Gasteiger charge is -2.13. The normalized spacial score (nSPS) is 10.9. The molecule has 0 aliphatic heterocycles. The van der Waals surface area contributed by atoms with Crippen LogP contribution in [0.5, 0.6) is 0 Å². The minimum Gasteiger partial charge on any atom is -0.460 e. The van der Waals surface area contributed by atoms with E-state index in [1.807, 2.05) is 50.5 Å². The number of aromatic nitrogens is 2. The molecule has 1 N–H and O–H groups in total. The van der Waals surface area contributed by atoms with Gasteiger partial charge < -0.3 is 9.40 Å². The fourth-order valence-corrected chi connectivity index (χ4v) is 2.53. The van der Waals surface area contributed by atoms with Crippen molar-refractivity contribution in [2.75, 3.05) is 7.05 Å². The van der Waals surface area contributed by atoms with Crippen LogP contribution in [0.3, 0.4) is 0 Å². The van der Waals surface area contributed by atoms with E-state index in [0.29, 0.717) is 12.1 Å². The zero-order chi connectivity index (χ0) is 16.2. The van der Waals surface area contributed by atoms with Crippen molar-refractivity contribution >= 4 is 0 Å². The molecule has 0 bridgehead atoms. The number of imidazole rings is 1. The summed E-state index contributed by atoms with van der Waals surface area (Å²) in [7, 11) is 2.02. The predicted octanol–water partition coefficient (Wildman–Crippen LogP) is 3.48. The SMILES string of the molecule is Cc1cnc(CN(C)Cc2ccc(-c3ccccc3C#N)o2)[nH]1. The fraction of sp³-hybridized carbons (Fsp3) is 0.222. The summed E-state index contributed by atoms with van der Waals surface area (Å²) >= 11 is 0. The summed E-state index contributed by atoms with van der Waals surface area (Å²) in [4.78, 5) is 9.65. The summed E-state index contributed by atoms with van der Waals surface area (Å²) in [5.41, 5.74) is 2.50. The fourth-order valence-electron chi connectivity index (χ4n) is 2.53. The van der Waals surface area contributed by atoms with Gasteiger partial charge in [-0.25, -0.2) is 4.98 Å². The van der Waals surface area contributed by atoms with Gasteiger partial charge in [0, 0.05) is 17.5 Å². The number of furan rings is 1. The molecule has 3 aromatic rings. The molecule has 116 valence electrons. The Hall–Kier alpha value is -2.84. The minimum absolute atomic E-state index is 0.618. The van der Waals surface area contributed by atoms with Crippen LogP contribution in [0.2, 0.25) is 0 Å². The van der Waals surface area contributed by atoms with Crippen molar-refractivity contribution in [1.82, 2.24) is 14.9 Å². The van der Waals surface area contributed by atoms with Crippen LogP contribution in [0.25, 0.3) is 11.3 Å². The van der Waals surface area contributed by atoms with Crippen LogP contribution >= 0.6 is 0 Å². The smallest absolute Gasteiger partial charge is 0.135 e. The molecule has 5 heteroatoms. The van der Waals surface area contributed by atoms with Gasteiger partial charge in [-0.3, -0.25) is 4.90 Å². The van der Waals surface area contributed by atoms with Crippen LogP contribution < -0.4 is 0 Å². The monoisotopic (exact) mass is 306 g/mol. The second kappa shape index (κ2) is 6.51. The average Bonchev–Trinajstić information content (AvgIpc) is 3.16. The maximum atomic E-state index is 9.19. The molecule has 0 fully saturated rings.